The van der Waals surface area contributed by atoms with E-state index < -0.39 is 12.3 Å². The largest absolute Gasteiger partial charge is 0.415 e. The third-order valence-corrected chi connectivity index (χ3v) is 5.09. The van der Waals surface area contributed by atoms with E-state index in [9.17, 15) is 13.2 Å². The number of hydrogen-bond donors (Lipinski definition) is 1. The first-order valence-corrected chi connectivity index (χ1v) is 9.02. The molecule has 0 saturated heterocycles. The molecule has 2 N–H and O–H groups in total. The Bertz CT molecular complexity index is 954. The van der Waals surface area contributed by atoms with Crippen LogP contribution in [0.3, 0.4) is 0 Å². The molecule has 1 fully saturated rings. The van der Waals surface area contributed by atoms with E-state index in [0.717, 1.165) is 31.2 Å². The maximum atomic E-state index is 13.5. The summed E-state index contributed by atoms with van der Waals surface area (Å²) in [5.41, 5.74) is 7.57. The second kappa shape index (κ2) is 7.57. The van der Waals surface area contributed by atoms with Crippen molar-refractivity contribution in [3.8, 4) is 11.5 Å². The summed E-state index contributed by atoms with van der Waals surface area (Å²) < 4.78 is 44.4. The summed E-state index contributed by atoms with van der Waals surface area (Å²) >= 11 is 0. The van der Waals surface area contributed by atoms with Crippen molar-refractivity contribution < 1.29 is 17.6 Å². The number of nitrogens with zero attached hydrogens (tertiary/aromatic N) is 4. The van der Waals surface area contributed by atoms with E-state index in [1.165, 1.54) is 18.3 Å². The van der Waals surface area contributed by atoms with Gasteiger partial charge in [0.2, 0.25) is 5.95 Å². The van der Waals surface area contributed by atoms with Gasteiger partial charge in [0.1, 0.15) is 5.82 Å². The molecular formula is C19H18F3N5O. The van der Waals surface area contributed by atoms with E-state index in [1.54, 1.807) is 12.1 Å². The number of nitrogens with two attached hydrogens (primary N) is 1. The van der Waals surface area contributed by atoms with Crippen molar-refractivity contribution >= 4 is 5.95 Å². The molecular weight excluding hydrogens is 371 g/mol. The molecule has 4 rings (SSSR count). The highest BCUT2D eigenvalue weighted by atomic mass is 19.3. The predicted molar refractivity (Wildman–Crippen MR) is 94.9 cm³/mol. The molecule has 0 spiro atoms. The first-order valence-electron chi connectivity index (χ1n) is 9.02. The Hall–Kier alpha value is -2.97. The highest BCUT2D eigenvalue weighted by molar-refractivity contribution is 5.58. The van der Waals surface area contributed by atoms with Gasteiger partial charge in [0.05, 0.1) is 11.3 Å². The molecule has 0 bridgehead atoms. The van der Waals surface area contributed by atoms with E-state index in [4.69, 9.17) is 10.2 Å². The number of rotatable bonds is 5. The quantitative estimate of drug-likeness (QED) is 0.691. The molecule has 0 amide bonds. The number of anilines is 1. The van der Waals surface area contributed by atoms with E-state index in [-0.39, 0.29) is 29.5 Å². The second-order valence-electron chi connectivity index (χ2n) is 6.85. The predicted octanol–water partition coefficient (Wildman–Crippen LogP) is 4.51. The van der Waals surface area contributed by atoms with Gasteiger partial charge in [-0.25, -0.2) is 14.4 Å². The van der Waals surface area contributed by atoms with Crippen LogP contribution in [0, 0.1) is 11.7 Å². The fourth-order valence-corrected chi connectivity index (χ4v) is 3.86. The first kappa shape index (κ1) is 18.4. The number of nitrogen functional groups attached to an aromatic ring is 1. The normalized spacial score (nSPS) is 16.0. The van der Waals surface area contributed by atoms with Gasteiger partial charge in [-0.3, -0.25) is 0 Å². The van der Waals surface area contributed by atoms with Gasteiger partial charge < -0.3 is 10.2 Å². The van der Waals surface area contributed by atoms with Crippen LogP contribution < -0.4 is 5.73 Å². The Labute approximate surface area is 159 Å². The second-order valence-corrected chi connectivity index (χ2v) is 6.85. The van der Waals surface area contributed by atoms with Gasteiger partial charge in [-0.1, -0.05) is 25.0 Å². The molecule has 1 atom stereocenters. The lowest BCUT2D eigenvalue weighted by Crippen LogP contribution is -2.16. The van der Waals surface area contributed by atoms with Crippen LogP contribution in [-0.4, -0.2) is 20.2 Å². The van der Waals surface area contributed by atoms with Gasteiger partial charge in [-0.2, -0.15) is 8.78 Å². The lowest BCUT2D eigenvalue weighted by atomic mass is 9.81. The summed E-state index contributed by atoms with van der Waals surface area (Å²) in [6.07, 6.45) is 2.63. The van der Waals surface area contributed by atoms with Crippen LogP contribution in [0.15, 0.2) is 34.9 Å². The highest BCUT2D eigenvalue weighted by Crippen LogP contribution is 2.43. The van der Waals surface area contributed by atoms with E-state index in [0.29, 0.717) is 11.3 Å². The average Bonchev–Trinajstić information content (AvgIpc) is 3.36. The van der Waals surface area contributed by atoms with Crippen LogP contribution in [0.2, 0.25) is 0 Å². The molecule has 0 unspecified atom stereocenters. The van der Waals surface area contributed by atoms with Crippen molar-refractivity contribution in [3.63, 3.8) is 0 Å². The van der Waals surface area contributed by atoms with E-state index in [1.807, 2.05) is 0 Å². The zero-order chi connectivity index (χ0) is 19.7. The van der Waals surface area contributed by atoms with Gasteiger partial charge in [-0.15, -0.1) is 10.2 Å². The van der Waals surface area contributed by atoms with Gasteiger partial charge >= 0.3 is 6.43 Å². The summed E-state index contributed by atoms with van der Waals surface area (Å²) in [4.78, 5) is 8.38. The smallest absolute Gasteiger partial charge is 0.314 e. The number of hydrogen-bond acceptors (Lipinski definition) is 6. The maximum Gasteiger partial charge on any atom is 0.314 e. The SMILES string of the molecule is Nc1ncc(-c2nnc(C(F)F)o2)c([C@@H](c2ccc(F)cc2)C2CCCC2)n1. The fourth-order valence-electron chi connectivity index (χ4n) is 3.86. The number of alkyl halides is 2. The third-order valence-electron chi connectivity index (χ3n) is 5.09. The third kappa shape index (κ3) is 3.56. The molecule has 1 aliphatic rings. The summed E-state index contributed by atoms with van der Waals surface area (Å²) in [7, 11) is 0. The topological polar surface area (TPSA) is 90.7 Å². The van der Waals surface area contributed by atoms with Crippen molar-refractivity contribution in [2.24, 2.45) is 5.92 Å². The van der Waals surface area contributed by atoms with Crippen molar-refractivity contribution in [3.05, 3.63) is 53.4 Å². The van der Waals surface area contributed by atoms with Crippen LogP contribution >= 0.6 is 0 Å². The number of halogens is 3. The standard InChI is InChI=1S/C19H18F3N5O/c20-12-7-5-11(6-8-12)14(10-3-1-2-4-10)15-13(9-24-19(23)25-15)17-26-27-18(28-17)16(21)22/h5-10,14,16H,1-4H2,(H2,23,24,25)/t14-/m1/s1. The van der Waals surface area contributed by atoms with Gasteiger partial charge in [0.25, 0.3) is 11.8 Å². The Morgan fingerprint density at radius 1 is 1.07 bits per heavy atom. The molecule has 2 heterocycles. The minimum absolute atomic E-state index is 0.0532. The zero-order valence-corrected chi connectivity index (χ0v) is 14.9. The summed E-state index contributed by atoms with van der Waals surface area (Å²) in [6, 6.07) is 6.20. The highest BCUT2D eigenvalue weighted by Gasteiger charge is 2.32. The molecule has 0 aliphatic heterocycles. The van der Waals surface area contributed by atoms with Gasteiger partial charge in [0, 0.05) is 12.1 Å². The molecule has 146 valence electrons. The molecule has 2 aromatic heterocycles. The van der Waals surface area contributed by atoms with Crippen LogP contribution in [0.25, 0.3) is 11.5 Å². The fraction of sp³-hybridized carbons (Fsp3) is 0.368. The van der Waals surface area contributed by atoms with Gasteiger partial charge in [-0.05, 0) is 36.5 Å². The maximum absolute atomic E-state index is 13.5. The minimum atomic E-state index is -2.87. The molecule has 6 nitrogen and oxygen atoms in total. The van der Waals surface area contributed by atoms with Crippen LogP contribution in [0.5, 0.6) is 0 Å². The van der Waals surface area contributed by atoms with Crippen molar-refractivity contribution in [2.75, 3.05) is 5.73 Å². The molecule has 1 saturated carbocycles. The van der Waals surface area contributed by atoms with Crippen molar-refractivity contribution in [2.45, 2.75) is 38.0 Å². The minimum Gasteiger partial charge on any atom is -0.415 e. The van der Waals surface area contributed by atoms with Crippen LogP contribution in [0.4, 0.5) is 19.1 Å². The lowest BCUT2D eigenvalue weighted by Gasteiger charge is -2.25. The van der Waals surface area contributed by atoms with Crippen molar-refractivity contribution in [1.82, 2.24) is 20.2 Å². The summed E-state index contributed by atoms with van der Waals surface area (Å²) in [5, 5.41) is 7.13. The Kier molecular flexibility index (Phi) is 4.97. The Morgan fingerprint density at radius 2 is 1.79 bits per heavy atom. The van der Waals surface area contributed by atoms with Crippen LogP contribution in [0.1, 0.15) is 55.2 Å². The van der Waals surface area contributed by atoms with E-state index >= 15 is 0 Å². The molecule has 1 aliphatic carbocycles. The Balaban J connectivity index is 1.85. The first-order chi connectivity index (χ1) is 13.5. The summed E-state index contributed by atoms with van der Waals surface area (Å²) in [6.45, 7) is 0. The van der Waals surface area contributed by atoms with Gasteiger partial charge in [0.15, 0.2) is 0 Å². The molecule has 9 heteroatoms. The van der Waals surface area contributed by atoms with Crippen molar-refractivity contribution in [1.29, 1.82) is 0 Å². The summed E-state index contributed by atoms with van der Waals surface area (Å²) in [5.74, 6) is -1.11. The monoisotopic (exact) mass is 389 g/mol. The lowest BCUT2D eigenvalue weighted by molar-refractivity contribution is 0.116. The molecule has 3 aromatic rings. The number of aromatic nitrogens is 4. The molecule has 1 aromatic carbocycles. The van der Waals surface area contributed by atoms with Crippen LogP contribution in [-0.2, 0) is 0 Å². The Morgan fingerprint density at radius 3 is 2.43 bits per heavy atom. The number of benzene rings is 1. The molecule has 28 heavy (non-hydrogen) atoms. The average molecular weight is 389 g/mol. The zero-order valence-electron chi connectivity index (χ0n) is 14.9. The van der Waals surface area contributed by atoms with E-state index in [2.05, 4.69) is 20.2 Å². The molecule has 0 radical (unpaired) electrons.